The first-order valence-electron chi connectivity index (χ1n) is 7.03. The van der Waals surface area contributed by atoms with Crippen LogP contribution in [0.25, 0.3) is 0 Å². The van der Waals surface area contributed by atoms with Crippen LogP contribution in [-0.2, 0) is 0 Å². The van der Waals surface area contributed by atoms with E-state index in [0.717, 1.165) is 12.2 Å². The summed E-state index contributed by atoms with van der Waals surface area (Å²) in [6.45, 7) is 6.27. The molecule has 0 aromatic carbocycles. The maximum Gasteiger partial charge on any atom is 0.416 e. The highest BCUT2D eigenvalue weighted by Crippen LogP contribution is 2.64. The second kappa shape index (κ2) is 6.13. The topological polar surface area (TPSA) is 0 Å². The van der Waals surface area contributed by atoms with Crippen LogP contribution in [-0.4, -0.2) is 12.4 Å². The van der Waals surface area contributed by atoms with Crippen molar-refractivity contribution in [3.05, 3.63) is 35.5 Å². The first kappa shape index (κ1) is 18.8. The summed E-state index contributed by atoms with van der Waals surface area (Å²) in [6, 6.07) is 0. The van der Waals surface area contributed by atoms with Gasteiger partial charge >= 0.3 is 12.4 Å². The van der Waals surface area contributed by atoms with E-state index < -0.39 is 29.3 Å². The SMILES string of the molecule is C\C=C(/C=C(\C=C\C(C)C)C(F)(F)F)C1(C)CC1C(F)(F)F. The zero-order chi connectivity index (χ0) is 17.3. The molecule has 0 aromatic rings. The second-order valence-corrected chi connectivity index (χ2v) is 6.16. The first-order chi connectivity index (χ1) is 9.82. The van der Waals surface area contributed by atoms with E-state index in [0.29, 0.717) is 0 Å². The second-order valence-electron chi connectivity index (χ2n) is 6.16. The van der Waals surface area contributed by atoms with Crippen LogP contribution in [0, 0.1) is 17.3 Å². The Kier molecular flexibility index (Phi) is 5.25. The number of allylic oxidation sites excluding steroid dienone is 6. The molecule has 1 aliphatic rings. The van der Waals surface area contributed by atoms with Gasteiger partial charge in [0.15, 0.2) is 0 Å². The predicted octanol–water partition coefficient (Wildman–Crippen LogP) is 6.22. The first-order valence-corrected chi connectivity index (χ1v) is 7.03. The van der Waals surface area contributed by atoms with Crippen molar-refractivity contribution in [2.75, 3.05) is 0 Å². The molecule has 2 unspecified atom stereocenters. The number of hydrogen-bond acceptors (Lipinski definition) is 0. The van der Waals surface area contributed by atoms with Gasteiger partial charge in [-0.05, 0) is 30.9 Å². The molecule has 0 N–H and O–H groups in total. The van der Waals surface area contributed by atoms with Gasteiger partial charge in [-0.25, -0.2) is 0 Å². The summed E-state index contributed by atoms with van der Waals surface area (Å²) >= 11 is 0. The Morgan fingerprint density at radius 1 is 1.14 bits per heavy atom. The summed E-state index contributed by atoms with van der Waals surface area (Å²) in [5.74, 6) is -1.66. The molecule has 0 saturated heterocycles. The Morgan fingerprint density at radius 2 is 1.68 bits per heavy atom. The highest BCUT2D eigenvalue weighted by molar-refractivity contribution is 5.40. The fraction of sp³-hybridized carbons (Fsp3) is 0.625. The monoisotopic (exact) mass is 326 g/mol. The van der Waals surface area contributed by atoms with Gasteiger partial charge < -0.3 is 0 Å². The standard InChI is InChI=1S/C16H20F6/c1-5-11(14(4)9-13(14)16(20,21)22)8-12(15(17,18)19)7-6-10(2)3/h5-8,10,13H,9H2,1-4H3/b7-6+,11-5+,12-8+. The lowest BCUT2D eigenvalue weighted by Gasteiger charge is -2.17. The van der Waals surface area contributed by atoms with Crippen molar-refractivity contribution in [2.24, 2.45) is 17.3 Å². The molecule has 0 spiro atoms. The quantitative estimate of drug-likeness (QED) is 0.425. The summed E-state index contributed by atoms with van der Waals surface area (Å²) in [7, 11) is 0. The Morgan fingerprint density at radius 3 is 2.00 bits per heavy atom. The molecule has 1 rings (SSSR count). The van der Waals surface area contributed by atoms with Gasteiger partial charge in [0.05, 0.1) is 11.5 Å². The number of hydrogen-bond donors (Lipinski definition) is 0. The van der Waals surface area contributed by atoms with Crippen molar-refractivity contribution in [2.45, 2.75) is 46.5 Å². The van der Waals surface area contributed by atoms with E-state index in [1.54, 1.807) is 13.8 Å². The van der Waals surface area contributed by atoms with Gasteiger partial charge in [0.2, 0.25) is 0 Å². The molecule has 6 heteroatoms. The van der Waals surface area contributed by atoms with Crippen LogP contribution in [0.1, 0.15) is 34.1 Å². The average molecular weight is 326 g/mol. The van der Waals surface area contributed by atoms with E-state index in [1.807, 2.05) is 0 Å². The Balaban J connectivity index is 3.14. The van der Waals surface area contributed by atoms with Gasteiger partial charge in [-0.15, -0.1) is 0 Å². The molecule has 2 atom stereocenters. The summed E-state index contributed by atoms with van der Waals surface area (Å²) in [5, 5.41) is 0. The van der Waals surface area contributed by atoms with Gasteiger partial charge in [-0.3, -0.25) is 0 Å². The number of rotatable bonds is 4. The minimum absolute atomic E-state index is 0.0792. The van der Waals surface area contributed by atoms with Gasteiger partial charge in [-0.2, -0.15) is 26.3 Å². The third-order valence-electron chi connectivity index (χ3n) is 3.90. The predicted molar refractivity (Wildman–Crippen MR) is 74.1 cm³/mol. The van der Waals surface area contributed by atoms with Crippen LogP contribution in [0.3, 0.4) is 0 Å². The molecule has 0 radical (unpaired) electrons. The van der Waals surface area contributed by atoms with Gasteiger partial charge in [0.25, 0.3) is 0 Å². The highest BCUT2D eigenvalue weighted by Gasteiger charge is 2.65. The molecule has 22 heavy (non-hydrogen) atoms. The van der Waals surface area contributed by atoms with Crippen molar-refractivity contribution in [1.29, 1.82) is 0 Å². The molecule has 0 nitrogen and oxygen atoms in total. The van der Waals surface area contributed by atoms with Crippen LogP contribution < -0.4 is 0 Å². The molecule has 0 bridgehead atoms. The lowest BCUT2D eigenvalue weighted by atomic mass is 9.92. The Hall–Kier alpha value is -1.20. The third kappa shape index (κ3) is 4.40. The molecular weight excluding hydrogens is 306 g/mol. The van der Waals surface area contributed by atoms with Crippen LogP contribution in [0.4, 0.5) is 26.3 Å². The van der Waals surface area contributed by atoms with E-state index in [4.69, 9.17) is 0 Å². The zero-order valence-corrected chi connectivity index (χ0v) is 12.9. The molecule has 0 aliphatic heterocycles. The fourth-order valence-corrected chi connectivity index (χ4v) is 2.43. The van der Waals surface area contributed by atoms with Crippen LogP contribution in [0.15, 0.2) is 35.5 Å². The van der Waals surface area contributed by atoms with Crippen molar-refractivity contribution in [1.82, 2.24) is 0 Å². The normalized spacial score (nSPS) is 27.9. The smallest absolute Gasteiger partial charge is 0.171 e. The minimum atomic E-state index is -4.60. The maximum absolute atomic E-state index is 13.0. The van der Waals surface area contributed by atoms with E-state index in [-0.39, 0.29) is 17.9 Å². The largest absolute Gasteiger partial charge is 0.416 e. The van der Waals surface area contributed by atoms with Crippen molar-refractivity contribution in [3.63, 3.8) is 0 Å². The Bertz CT molecular complexity index is 490. The summed E-state index contributed by atoms with van der Waals surface area (Å²) < 4.78 is 77.4. The number of alkyl halides is 6. The molecule has 0 amide bonds. The summed E-state index contributed by atoms with van der Waals surface area (Å²) in [6.07, 6.45) is -4.68. The van der Waals surface area contributed by atoms with E-state index >= 15 is 0 Å². The zero-order valence-electron chi connectivity index (χ0n) is 12.9. The molecule has 0 heterocycles. The van der Waals surface area contributed by atoms with Crippen LogP contribution in [0.2, 0.25) is 0 Å². The lowest BCUT2D eigenvalue weighted by molar-refractivity contribution is -0.153. The molecule has 1 saturated carbocycles. The van der Waals surface area contributed by atoms with E-state index in [9.17, 15) is 26.3 Å². The lowest BCUT2D eigenvalue weighted by Crippen LogP contribution is -2.18. The average Bonchev–Trinajstić information content (AvgIpc) is 3.00. The van der Waals surface area contributed by atoms with Crippen molar-refractivity contribution < 1.29 is 26.3 Å². The highest BCUT2D eigenvalue weighted by atomic mass is 19.4. The molecule has 0 aromatic heterocycles. The molecule has 126 valence electrons. The molecule has 1 aliphatic carbocycles. The fourth-order valence-electron chi connectivity index (χ4n) is 2.43. The maximum atomic E-state index is 13.0. The van der Waals surface area contributed by atoms with Crippen LogP contribution >= 0.6 is 0 Å². The third-order valence-corrected chi connectivity index (χ3v) is 3.90. The van der Waals surface area contributed by atoms with E-state index in [1.165, 1.54) is 26.0 Å². The minimum Gasteiger partial charge on any atom is -0.171 e. The van der Waals surface area contributed by atoms with E-state index in [2.05, 4.69) is 0 Å². The summed E-state index contributed by atoms with van der Waals surface area (Å²) in [5.41, 5.74) is -2.12. The van der Waals surface area contributed by atoms with Crippen molar-refractivity contribution in [3.8, 4) is 0 Å². The molecular formula is C16H20F6. The van der Waals surface area contributed by atoms with Gasteiger partial charge in [0.1, 0.15) is 0 Å². The number of halogens is 6. The van der Waals surface area contributed by atoms with Gasteiger partial charge in [0, 0.05) is 5.41 Å². The van der Waals surface area contributed by atoms with Gasteiger partial charge in [-0.1, -0.05) is 39.0 Å². The summed E-state index contributed by atoms with van der Waals surface area (Å²) in [4.78, 5) is 0. The van der Waals surface area contributed by atoms with Crippen molar-refractivity contribution >= 4 is 0 Å². The Labute approximate surface area is 126 Å². The van der Waals surface area contributed by atoms with Crippen LogP contribution in [0.5, 0.6) is 0 Å². The molecule has 1 fully saturated rings.